The molecule has 2 aromatic carbocycles. The summed E-state index contributed by atoms with van der Waals surface area (Å²) in [6.07, 6.45) is 2.95. The van der Waals surface area contributed by atoms with E-state index in [4.69, 9.17) is 56.2 Å². The van der Waals surface area contributed by atoms with Gasteiger partial charge in [0.25, 0.3) is 5.56 Å². The zero-order valence-corrected chi connectivity index (χ0v) is 19.5. The fourth-order valence-electron chi connectivity index (χ4n) is 3.21. The van der Waals surface area contributed by atoms with Gasteiger partial charge in [-0.2, -0.15) is 0 Å². The Bertz CT molecular complexity index is 1370. The molecule has 33 heavy (non-hydrogen) atoms. The second-order valence-electron chi connectivity index (χ2n) is 6.84. The molecule has 11 heteroatoms. The van der Waals surface area contributed by atoms with Crippen molar-refractivity contribution in [3.63, 3.8) is 0 Å². The van der Waals surface area contributed by atoms with Gasteiger partial charge in [0.05, 0.1) is 12.1 Å². The molecule has 0 fully saturated rings. The van der Waals surface area contributed by atoms with Crippen molar-refractivity contribution in [1.29, 1.82) is 0 Å². The number of ketones is 1. The lowest BCUT2D eigenvalue weighted by molar-refractivity contribution is -0.141. The van der Waals surface area contributed by atoms with E-state index in [-0.39, 0.29) is 28.8 Å². The van der Waals surface area contributed by atoms with Crippen molar-refractivity contribution in [1.82, 2.24) is 14.5 Å². The highest BCUT2D eigenvalue weighted by atomic mass is 35.5. The Morgan fingerprint density at radius 1 is 1.03 bits per heavy atom. The Kier molecular flexibility index (Phi) is 6.76. The summed E-state index contributed by atoms with van der Waals surface area (Å²) in [6.45, 7) is 0.109. The van der Waals surface area contributed by atoms with E-state index in [1.54, 1.807) is 41.0 Å². The maximum absolute atomic E-state index is 13.2. The van der Waals surface area contributed by atoms with Crippen LogP contribution in [0.25, 0.3) is 11.2 Å². The number of aliphatic carboxylic acids is 1. The minimum Gasteiger partial charge on any atom is -0.478 e. The summed E-state index contributed by atoms with van der Waals surface area (Å²) in [5, 5.41) is 9.96. The molecule has 0 bridgehead atoms. The Balaban J connectivity index is 1.77. The molecular weight excluding hydrogens is 512 g/mol. The number of carboxylic acid groups (broad SMARTS) is 1. The van der Waals surface area contributed by atoms with Crippen LogP contribution in [0, 0.1) is 0 Å². The van der Waals surface area contributed by atoms with Gasteiger partial charge >= 0.3 is 5.97 Å². The second kappa shape index (κ2) is 9.57. The molecule has 7 nitrogen and oxygen atoms in total. The topological polar surface area (TPSA) is 94.3 Å². The molecule has 0 aliphatic rings. The van der Waals surface area contributed by atoms with Crippen LogP contribution in [0.1, 0.15) is 21.5 Å². The fourth-order valence-corrected chi connectivity index (χ4v) is 3.93. The second-order valence-corrected chi connectivity index (χ2v) is 8.44. The normalized spacial score (nSPS) is 12.0. The summed E-state index contributed by atoms with van der Waals surface area (Å²) >= 11 is 24.6. The van der Waals surface area contributed by atoms with E-state index in [1.807, 2.05) is 0 Å². The van der Waals surface area contributed by atoms with Gasteiger partial charge in [-0.1, -0.05) is 46.4 Å². The summed E-state index contributed by atoms with van der Waals surface area (Å²) in [7, 11) is 0. The predicted octanol–water partition coefficient (Wildman–Crippen LogP) is 5.70. The third kappa shape index (κ3) is 4.77. The number of hydrogen-bond donors (Lipinski definition) is 1. The highest BCUT2D eigenvalue weighted by Gasteiger charge is 2.25. The van der Waals surface area contributed by atoms with E-state index < -0.39 is 11.5 Å². The average molecular weight is 525 g/mol. The number of fused-ring (bicyclic) bond motifs is 1. The number of hydrogen-bond acceptors (Lipinski definition) is 5. The minimum atomic E-state index is -1.57. The summed E-state index contributed by atoms with van der Waals surface area (Å²) < 4.78 is 6.80. The van der Waals surface area contributed by atoms with Crippen LogP contribution in [0.15, 0.2) is 54.9 Å². The lowest BCUT2D eigenvalue weighted by atomic mass is 10.1. The molecular formula is C22H13Cl4N3O4. The third-order valence-corrected chi connectivity index (χ3v) is 6.02. The van der Waals surface area contributed by atoms with Gasteiger partial charge in [-0.3, -0.25) is 9.78 Å². The summed E-state index contributed by atoms with van der Waals surface area (Å²) in [5.74, 6) is -1.46. The molecule has 2 heterocycles. The van der Waals surface area contributed by atoms with E-state index in [0.717, 1.165) is 0 Å². The average Bonchev–Trinajstić information content (AvgIpc) is 3.07. The molecule has 0 amide bonds. The zero-order valence-electron chi connectivity index (χ0n) is 16.5. The number of carbonyl (C=O) groups excluding carboxylic acids is 1. The molecule has 0 spiro atoms. The van der Waals surface area contributed by atoms with E-state index in [0.29, 0.717) is 32.3 Å². The molecule has 1 atom stereocenters. The maximum Gasteiger partial charge on any atom is 0.360 e. The molecule has 1 N–H and O–H groups in total. The van der Waals surface area contributed by atoms with Crippen molar-refractivity contribution < 1.29 is 19.4 Å². The van der Waals surface area contributed by atoms with Gasteiger partial charge in [-0.25, -0.2) is 9.78 Å². The van der Waals surface area contributed by atoms with Crippen molar-refractivity contribution in [2.75, 3.05) is 0 Å². The van der Waals surface area contributed by atoms with Crippen LogP contribution < -0.4 is 4.74 Å². The molecule has 0 saturated heterocycles. The number of carboxylic acids is 1. The minimum absolute atomic E-state index is 0.109. The van der Waals surface area contributed by atoms with Gasteiger partial charge in [0, 0.05) is 28.0 Å². The fraction of sp³-hybridized carbons (Fsp3) is 0.0909. The SMILES string of the molecule is O=C(c1ccc(Cl)cc1)c1c(Cl)n(Cc2cc(O[C@H](Cl)C(=O)O)ccc2Cl)c2nccnc12. The van der Waals surface area contributed by atoms with Crippen LogP contribution in [0.3, 0.4) is 0 Å². The number of carbonyl (C=O) groups is 2. The first-order valence-corrected chi connectivity index (χ1v) is 10.9. The molecule has 0 unspecified atom stereocenters. The first-order valence-electron chi connectivity index (χ1n) is 9.37. The molecule has 4 rings (SSSR count). The van der Waals surface area contributed by atoms with Crippen molar-refractivity contribution in [2.45, 2.75) is 12.1 Å². The lowest BCUT2D eigenvalue weighted by Gasteiger charge is -2.13. The highest BCUT2D eigenvalue weighted by molar-refractivity contribution is 6.37. The molecule has 0 aliphatic heterocycles. The van der Waals surface area contributed by atoms with Crippen molar-refractivity contribution in [3.05, 3.63) is 86.7 Å². The number of halogens is 4. The predicted molar refractivity (Wildman–Crippen MR) is 126 cm³/mol. The lowest BCUT2D eigenvalue weighted by Crippen LogP contribution is -2.20. The summed E-state index contributed by atoms with van der Waals surface area (Å²) in [4.78, 5) is 32.9. The van der Waals surface area contributed by atoms with Crippen LogP contribution in [0.2, 0.25) is 15.2 Å². The molecule has 0 aliphatic carbocycles. The smallest absolute Gasteiger partial charge is 0.360 e. The third-order valence-electron chi connectivity index (χ3n) is 4.73. The van der Waals surface area contributed by atoms with Gasteiger partial charge in [0.2, 0.25) is 0 Å². The molecule has 168 valence electrons. The summed E-state index contributed by atoms with van der Waals surface area (Å²) in [5.41, 5.74) is 0.266. The van der Waals surface area contributed by atoms with Gasteiger partial charge in [-0.15, -0.1) is 0 Å². The van der Waals surface area contributed by atoms with Gasteiger partial charge in [-0.05, 0) is 48.0 Å². The Morgan fingerprint density at radius 3 is 2.42 bits per heavy atom. The number of ether oxygens (including phenoxy) is 1. The van der Waals surface area contributed by atoms with Crippen LogP contribution in [0.5, 0.6) is 5.75 Å². The molecule has 4 aromatic rings. The first kappa shape index (κ1) is 23.3. The number of nitrogens with zero attached hydrogens (tertiary/aromatic N) is 3. The first-order chi connectivity index (χ1) is 15.8. The number of aromatic nitrogens is 3. The van der Waals surface area contributed by atoms with Crippen LogP contribution in [0.4, 0.5) is 0 Å². The molecule has 2 aromatic heterocycles. The maximum atomic E-state index is 13.2. The van der Waals surface area contributed by atoms with Crippen molar-refractivity contribution >= 4 is 69.3 Å². The molecule has 0 saturated carbocycles. The van der Waals surface area contributed by atoms with Gasteiger partial charge < -0.3 is 14.4 Å². The van der Waals surface area contributed by atoms with E-state index >= 15 is 0 Å². The number of benzene rings is 2. The van der Waals surface area contributed by atoms with E-state index in [1.165, 1.54) is 18.5 Å². The highest BCUT2D eigenvalue weighted by Crippen LogP contribution is 2.32. The van der Waals surface area contributed by atoms with Crippen LogP contribution in [-0.2, 0) is 11.3 Å². The van der Waals surface area contributed by atoms with Crippen molar-refractivity contribution in [3.8, 4) is 5.75 Å². The standard InChI is InChI=1S/C22H13Cl4N3O4/c23-13-3-1-11(2-4-13)18(30)16-17-21(28-8-7-27-17)29(19(16)25)10-12-9-14(5-6-15(12)24)33-20(26)22(31)32/h1-9,20H,10H2,(H,31,32)/t20-/m0/s1. The van der Waals surface area contributed by atoms with E-state index in [2.05, 4.69) is 9.97 Å². The van der Waals surface area contributed by atoms with Crippen molar-refractivity contribution in [2.24, 2.45) is 0 Å². The zero-order chi connectivity index (χ0) is 23.7. The quantitative estimate of drug-likeness (QED) is 0.246. The Hall–Kier alpha value is -2.84. The summed E-state index contributed by atoms with van der Waals surface area (Å²) in [6, 6.07) is 11.0. The van der Waals surface area contributed by atoms with E-state index in [9.17, 15) is 9.59 Å². The number of rotatable bonds is 7. The monoisotopic (exact) mass is 523 g/mol. The molecule has 0 radical (unpaired) electrons. The number of alkyl halides is 1. The van der Waals surface area contributed by atoms with Crippen LogP contribution in [-0.4, -0.2) is 37.0 Å². The largest absolute Gasteiger partial charge is 0.478 e. The van der Waals surface area contributed by atoms with Gasteiger partial charge in [0.1, 0.15) is 16.4 Å². The Labute approximate surface area is 207 Å². The van der Waals surface area contributed by atoms with Gasteiger partial charge in [0.15, 0.2) is 11.4 Å². The van der Waals surface area contributed by atoms with Crippen LogP contribution >= 0.6 is 46.4 Å². The Morgan fingerprint density at radius 2 is 1.73 bits per heavy atom.